The van der Waals surface area contributed by atoms with Crippen LogP contribution in [-0.2, 0) is 16.4 Å². The number of amides is 1. The van der Waals surface area contributed by atoms with Crippen LogP contribution in [-0.4, -0.2) is 12.5 Å². The van der Waals surface area contributed by atoms with Crippen LogP contribution in [0.1, 0.15) is 25.0 Å². The molecule has 2 aromatic carbocycles. The van der Waals surface area contributed by atoms with Crippen LogP contribution in [0.4, 0.5) is 18.9 Å². The predicted molar refractivity (Wildman–Crippen MR) is 93.9 cm³/mol. The van der Waals surface area contributed by atoms with Gasteiger partial charge in [-0.2, -0.15) is 13.2 Å². The normalized spacial score (nSPS) is 11.5. The summed E-state index contributed by atoms with van der Waals surface area (Å²) in [6, 6.07) is 11.4. The molecule has 1 amide bonds. The van der Waals surface area contributed by atoms with Crippen molar-refractivity contribution in [2.75, 3.05) is 11.9 Å². The zero-order valence-electron chi connectivity index (χ0n) is 14.4. The summed E-state index contributed by atoms with van der Waals surface area (Å²) in [5.74, 6) is 2.38. The zero-order valence-corrected chi connectivity index (χ0v) is 14.4. The maximum Gasteiger partial charge on any atom is 0.416 e. The van der Waals surface area contributed by atoms with E-state index in [4.69, 9.17) is 11.2 Å². The molecule has 136 valence electrons. The highest BCUT2D eigenvalue weighted by molar-refractivity contribution is 5.98. The molecular weight excluding hydrogens is 343 g/mol. The maximum absolute atomic E-state index is 12.9. The average molecular weight is 361 g/mol. The number of halogens is 3. The van der Waals surface area contributed by atoms with Crippen molar-refractivity contribution < 1.29 is 22.7 Å². The number of ether oxygens (including phenoxy) is 1. The Balaban J connectivity index is 2.22. The number of hydrogen-bond acceptors (Lipinski definition) is 2. The summed E-state index contributed by atoms with van der Waals surface area (Å²) < 4.78 is 44.1. The molecule has 0 aliphatic heterocycles. The minimum Gasteiger partial charge on any atom is -0.481 e. The van der Waals surface area contributed by atoms with Crippen LogP contribution >= 0.6 is 0 Å². The molecular formula is C20H18F3NO2. The van der Waals surface area contributed by atoms with Gasteiger partial charge in [0.05, 0.1) is 11.0 Å². The van der Waals surface area contributed by atoms with E-state index >= 15 is 0 Å². The monoisotopic (exact) mass is 361 g/mol. The van der Waals surface area contributed by atoms with Gasteiger partial charge in [-0.15, -0.1) is 6.42 Å². The lowest BCUT2D eigenvalue weighted by atomic mass is 9.83. The van der Waals surface area contributed by atoms with Crippen molar-refractivity contribution >= 4 is 11.6 Å². The fourth-order valence-electron chi connectivity index (χ4n) is 2.29. The van der Waals surface area contributed by atoms with E-state index in [1.165, 1.54) is 12.1 Å². The van der Waals surface area contributed by atoms with Crippen LogP contribution in [0.5, 0.6) is 5.75 Å². The second kappa shape index (κ2) is 7.52. The molecule has 26 heavy (non-hydrogen) atoms. The van der Waals surface area contributed by atoms with Gasteiger partial charge in [0.25, 0.3) is 0 Å². The predicted octanol–water partition coefficient (Wildman–Crippen LogP) is 4.63. The molecule has 0 aliphatic carbocycles. The van der Waals surface area contributed by atoms with Crippen LogP contribution in [0.3, 0.4) is 0 Å². The standard InChI is InChI=1S/C20H18F3NO2/c1-4-11-26-17-10-6-9-16(13-17)24-18(25)19(2,3)14-7-5-8-15(12-14)20(21,22)23/h1,5-10,12-13H,11H2,2-3H3,(H,24,25). The number of alkyl halides is 3. The van der Waals surface area contributed by atoms with Crippen LogP contribution in [0.2, 0.25) is 0 Å². The minimum absolute atomic E-state index is 0.0904. The van der Waals surface area contributed by atoms with E-state index in [1.54, 1.807) is 38.1 Å². The molecule has 0 unspecified atom stereocenters. The Morgan fingerprint density at radius 2 is 1.77 bits per heavy atom. The minimum atomic E-state index is -4.47. The van der Waals surface area contributed by atoms with Crippen molar-refractivity contribution in [2.24, 2.45) is 0 Å². The number of terminal acetylenes is 1. The van der Waals surface area contributed by atoms with Gasteiger partial charge in [-0.25, -0.2) is 0 Å². The first-order valence-electron chi connectivity index (χ1n) is 7.80. The number of carbonyl (C=O) groups is 1. The number of nitrogens with one attached hydrogen (secondary N) is 1. The largest absolute Gasteiger partial charge is 0.481 e. The Bertz CT molecular complexity index is 835. The van der Waals surface area contributed by atoms with E-state index in [9.17, 15) is 18.0 Å². The molecule has 0 fully saturated rings. The summed E-state index contributed by atoms with van der Waals surface area (Å²) in [6.07, 6.45) is 0.668. The first-order valence-corrected chi connectivity index (χ1v) is 7.80. The SMILES string of the molecule is C#CCOc1cccc(NC(=O)C(C)(C)c2cccc(C(F)(F)F)c2)c1. The first-order chi connectivity index (χ1) is 12.1. The molecule has 0 aliphatic rings. The van der Waals surface area contributed by atoms with Gasteiger partial charge in [-0.1, -0.05) is 30.2 Å². The van der Waals surface area contributed by atoms with E-state index in [2.05, 4.69) is 11.2 Å². The summed E-state index contributed by atoms with van der Waals surface area (Å²) in [6.45, 7) is 3.22. The zero-order chi connectivity index (χ0) is 19.4. The highest BCUT2D eigenvalue weighted by Crippen LogP contribution is 2.33. The van der Waals surface area contributed by atoms with E-state index in [0.717, 1.165) is 12.1 Å². The summed E-state index contributed by atoms with van der Waals surface area (Å²) in [4.78, 5) is 12.7. The van der Waals surface area contributed by atoms with Crippen LogP contribution in [0, 0.1) is 12.3 Å². The molecule has 2 rings (SSSR count). The summed E-state index contributed by atoms with van der Waals surface area (Å²) in [7, 11) is 0. The van der Waals surface area contributed by atoms with E-state index < -0.39 is 23.1 Å². The maximum atomic E-state index is 12.9. The van der Waals surface area contributed by atoms with Gasteiger partial charge in [0.2, 0.25) is 5.91 Å². The second-order valence-electron chi connectivity index (χ2n) is 6.18. The summed E-state index contributed by atoms with van der Waals surface area (Å²) in [5.41, 5.74) is -1.23. The van der Waals surface area contributed by atoms with E-state index in [1.807, 2.05) is 0 Å². The van der Waals surface area contributed by atoms with Gasteiger partial charge in [-0.3, -0.25) is 4.79 Å². The van der Waals surface area contributed by atoms with Crippen LogP contribution < -0.4 is 10.1 Å². The Kier molecular flexibility index (Phi) is 5.61. The lowest BCUT2D eigenvalue weighted by molar-refractivity contribution is -0.137. The lowest BCUT2D eigenvalue weighted by Crippen LogP contribution is -2.35. The number of anilines is 1. The number of benzene rings is 2. The molecule has 3 nitrogen and oxygen atoms in total. The number of rotatable bonds is 5. The quantitative estimate of drug-likeness (QED) is 0.789. The topological polar surface area (TPSA) is 38.3 Å². The number of hydrogen-bond donors (Lipinski definition) is 1. The van der Waals surface area contributed by atoms with E-state index in [0.29, 0.717) is 11.4 Å². The van der Waals surface area contributed by atoms with Gasteiger partial charge in [0, 0.05) is 11.8 Å². The molecule has 6 heteroatoms. The first kappa shape index (κ1) is 19.4. The summed E-state index contributed by atoms with van der Waals surface area (Å²) >= 11 is 0. The Morgan fingerprint density at radius 1 is 1.12 bits per heavy atom. The molecule has 0 spiro atoms. The number of carbonyl (C=O) groups excluding carboxylic acids is 1. The third kappa shape index (κ3) is 4.57. The Labute approximate surface area is 150 Å². The molecule has 0 aromatic heterocycles. The molecule has 0 saturated heterocycles. The molecule has 0 atom stereocenters. The average Bonchev–Trinajstić information content (AvgIpc) is 2.59. The third-order valence-electron chi connectivity index (χ3n) is 3.89. The van der Waals surface area contributed by atoms with Gasteiger partial charge < -0.3 is 10.1 Å². The second-order valence-corrected chi connectivity index (χ2v) is 6.18. The molecule has 0 saturated carbocycles. The highest BCUT2D eigenvalue weighted by atomic mass is 19.4. The Hall–Kier alpha value is -2.94. The summed E-state index contributed by atoms with van der Waals surface area (Å²) in [5, 5.41) is 2.70. The van der Waals surface area contributed by atoms with Gasteiger partial charge >= 0.3 is 6.18 Å². The Morgan fingerprint density at radius 3 is 2.42 bits per heavy atom. The molecule has 0 radical (unpaired) electrons. The smallest absolute Gasteiger partial charge is 0.416 e. The van der Waals surface area contributed by atoms with Gasteiger partial charge in [0.1, 0.15) is 12.4 Å². The van der Waals surface area contributed by atoms with Crippen molar-refractivity contribution in [1.82, 2.24) is 0 Å². The fourth-order valence-corrected chi connectivity index (χ4v) is 2.29. The molecule has 0 bridgehead atoms. The van der Waals surface area contributed by atoms with Crippen molar-refractivity contribution in [3.63, 3.8) is 0 Å². The molecule has 0 heterocycles. The van der Waals surface area contributed by atoms with Crippen molar-refractivity contribution in [2.45, 2.75) is 25.4 Å². The van der Waals surface area contributed by atoms with Crippen molar-refractivity contribution in [3.05, 3.63) is 59.7 Å². The van der Waals surface area contributed by atoms with Crippen LogP contribution in [0.25, 0.3) is 0 Å². The van der Waals surface area contributed by atoms with Gasteiger partial charge in [0.15, 0.2) is 0 Å². The highest BCUT2D eigenvalue weighted by Gasteiger charge is 2.34. The van der Waals surface area contributed by atoms with E-state index in [-0.39, 0.29) is 12.2 Å². The fraction of sp³-hybridized carbons (Fsp3) is 0.250. The van der Waals surface area contributed by atoms with Gasteiger partial charge in [-0.05, 0) is 37.6 Å². The van der Waals surface area contributed by atoms with Crippen LogP contribution in [0.15, 0.2) is 48.5 Å². The molecule has 1 N–H and O–H groups in total. The lowest BCUT2D eigenvalue weighted by Gasteiger charge is -2.25. The molecule has 2 aromatic rings. The van der Waals surface area contributed by atoms with Crippen molar-refractivity contribution in [3.8, 4) is 18.1 Å². The third-order valence-corrected chi connectivity index (χ3v) is 3.89. The van der Waals surface area contributed by atoms with Crippen molar-refractivity contribution in [1.29, 1.82) is 0 Å².